The quantitative estimate of drug-likeness (QED) is 0.268. The molecular weight excluding hydrogens is 470 g/mol. The molecule has 33 heavy (non-hydrogen) atoms. The topological polar surface area (TPSA) is 122 Å². The molecule has 2 aromatic heterocycles. The van der Waals surface area contributed by atoms with Gasteiger partial charge in [-0.15, -0.1) is 11.3 Å². The third-order valence-corrected chi connectivity index (χ3v) is 5.94. The van der Waals surface area contributed by atoms with Crippen molar-refractivity contribution < 1.29 is 29.5 Å². The highest BCUT2D eigenvalue weighted by molar-refractivity contribution is 7.24. The van der Waals surface area contributed by atoms with E-state index < -0.39 is 25.2 Å². The third-order valence-electron chi connectivity index (χ3n) is 4.53. The molecule has 9 nitrogen and oxygen atoms in total. The first kappa shape index (κ1) is 22.3. The number of oxime groups is 2. The van der Waals surface area contributed by atoms with Crippen molar-refractivity contribution in [3.8, 4) is 11.1 Å². The van der Waals surface area contributed by atoms with Crippen LogP contribution < -0.4 is 0 Å². The van der Waals surface area contributed by atoms with Gasteiger partial charge in [0.25, 0.3) is 0 Å². The Labute approximate surface area is 195 Å². The first-order chi connectivity index (χ1) is 16.0. The predicted molar refractivity (Wildman–Crippen MR) is 126 cm³/mol. The highest BCUT2D eigenvalue weighted by atomic mass is 35.5. The molecular formula is C22H16ClN3O6S. The molecule has 0 atom stereocenters. The number of rotatable bonds is 9. The molecule has 0 saturated carbocycles. The Hall–Kier alpha value is -3.89. The summed E-state index contributed by atoms with van der Waals surface area (Å²) in [5, 5.41) is 25.9. The van der Waals surface area contributed by atoms with E-state index >= 15 is 0 Å². The molecule has 0 bridgehead atoms. The third kappa shape index (κ3) is 4.81. The van der Waals surface area contributed by atoms with Crippen molar-refractivity contribution in [2.75, 3.05) is 13.2 Å². The summed E-state index contributed by atoms with van der Waals surface area (Å²) in [6, 6.07) is 14.9. The van der Waals surface area contributed by atoms with Crippen LogP contribution in [0, 0.1) is 0 Å². The number of fused-ring (bicyclic) bond motifs is 3. The van der Waals surface area contributed by atoms with Crippen molar-refractivity contribution in [2.45, 2.75) is 0 Å². The summed E-state index contributed by atoms with van der Waals surface area (Å²) < 4.78 is 2.95. The van der Waals surface area contributed by atoms with Crippen molar-refractivity contribution in [2.24, 2.45) is 10.3 Å². The highest BCUT2D eigenvalue weighted by Gasteiger charge is 2.22. The molecule has 0 aliphatic heterocycles. The van der Waals surface area contributed by atoms with Crippen molar-refractivity contribution in [3.63, 3.8) is 0 Å². The van der Waals surface area contributed by atoms with Gasteiger partial charge in [0, 0.05) is 16.1 Å². The van der Waals surface area contributed by atoms with Crippen LogP contribution in [0.1, 0.15) is 11.3 Å². The molecule has 0 fully saturated rings. The van der Waals surface area contributed by atoms with Gasteiger partial charge in [0.05, 0.1) is 28.3 Å². The lowest BCUT2D eigenvalue weighted by atomic mass is 10.0. The predicted octanol–water partition coefficient (Wildman–Crippen LogP) is 4.34. The average Bonchev–Trinajstić information content (AvgIpc) is 3.29. The number of hydrogen-bond acceptors (Lipinski definition) is 7. The van der Waals surface area contributed by atoms with Crippen LogP contribution in [0.3, 0.4) is 0 Å². The minimum Gasteiger partial charge on any atom is -0.479 e. The van der Waals surface area contributed by atoms with Crippen LogP contribution in [0.25, 0.3) is 26.2 Å². The molecule has 2 aromatic carbocycles. The minimum atomic E-state index is -1.14. The van der Waals surface area contributed by atoms with Crippen LogP contribution in [0.5, 0.6) is 0 Å². The van der Waals surface area contributed by atoms with Crippen molar-refractivity contribution in [1.82, 2.24) is 4.40 Å². The number of hydrogen-bond donors (Lipinski definition) is 2. The number of halogens is 1. The average molecular weight is 486 g/mol. The highest BCUT2D eigenvalue weighted by Crippen LogP contribution is 2.39. The van der Waals surface area contributed by atoms with E-state index in [4.69, 9.17) is 31.5 Å². The van der Waals surface area contributed by atoms with Gasteiger partial charge < -0.3 is 19.9 Å². The number of nitrogens with zero attached hydrogens (tertiary/aromatic N) is 3. The summed E-state index contributed by atoms with van der Waals surface area (Å²) in [5.74, 6) is -2.29. The fraction of sp³-hybridized carbons (Fsp3) is 0.0909. The zero-order chi connectivity index (χ0) is 23.4. The molecule has 11 heteroatoms. The second-order valence-electron chi connectivity index (χ2n) is 6.69. The Morgan fingerprint density at radius 2 is 1.61 bits per heavy atom. The summed E-state index contributed by atoms with van der Waals surface area (Å²) in [7, 11) is 0. The lowest BCUT2D eigenvalue weighted by Gasteiger charge is -2.05. The monoisotopic (exact) mass is 485 g/mol. The summed E-state index contributed by atoms with van der Waals surface area (Å²) in [5.41, 5.74) is 3.70. The standard InChI is InChI=1S/C22H16ClN3O6S/c23-14-7-5-13(6-8-14)21-15(9-24-31-11-19(27)28)22-26(16-3-1-2-4-18(16)33-22)17(21)10-25-32-12-20(29)30/h1-10H,11-12H2,(H,27,28)(H,29,30)/b24-9+,25-10+. The second kappa shape index (κ2) is 9.72. The molecule has 4 aromatic rings. The van der Waals surface area contributed by atoms with Gasteiger partial charge in [0.2, 0.25) is 13.2 Å². The van der Waals surface area contributed by atoms with Crippen LogP contribution in [0.15, 0.2) is 58.8 Å². The number of thiazole rings is 1. The maximum Gasteiger partial charge on any atom is 0.344 e. The van der Waals surface area contributed by atoms with E-state index in [2.05, 4.69) is 10.3 Å². The van der Waals surface area contributed by atoms with Crippen LogP contribution in [0.4, 0.5) is 0 Å². The molecule has 0 saturated heterocycles. The van der Waals surface area contributed by atoms with E-state index in [1.165, 1.54) is 23.8 Å². The van der Waals surface area contributed by atoms with Gasteiger partial charge in [-0.1, -0.05) is 46.2 Å². The maximum atomic E-state index is 10.8. The summed E-state index contributed by atoms with van der Waals surface area (Å²) in [6.07, 6.45) is 2.89. The number of aliphatic carboxylic acids is 2. The van der Waals surface area contributed by atoms with Crippen molar-refractivity contribution in [1.29, 1.82) is 0 Å². The number of carbonyl (C=O) groups is 2. The smallest absolute Gasteiger partial charge is 0.344 e. The minimum absolute atomic E-state index is 0.560. The molecule has 0 radical (unpaired) electrons. The Bertz CT molecular complexity index is 1390. The molecule has 0 amide bonds. The van der Waals surface area contributed by atoms with Gasteiger partial charge >= 0.3 is 11.9 Å². The maximum absolute atomic E-state index is 10.8. The molecule has 0 spiro atoms. The largest absolute Gasteiger partial charge is 0.479 e. The Balaban J connectivity index is 1.95. The van der Waals surface area contributed by atoms with Crippen LogP contribution in [0.2, 0.25) is 5.02 Å². The molecule has 168 valence electrons. The summed E-state index contributed by atoms with van der Waals surface area (Å²) >= 11 is 7.58. The lowest BCUT2D eigenvalue weighted by molar-refractivity contribution is -0.143. The number of aromatic nitrogens is 1. The first-order valence-electron chi connectivity index (χ1n) is 9.52. The van der Waals surface area contributed by atoms with Gasteiger partial charge in [-0.25, -0.2) is 9.59 Å². The number of carboxylic acids is 2. The SMILES string of the molecule is O=C(O)CO/N=C/c1c(-c2ccc(Cl)cc2)c(/C=N/OCC(=O)O)n2c1sc1ccccc12. The van der Waals surface area contributed by atoms with E-state index in [9.17, 15) is 9.59 Å². The van der Waals surface area contributed by atoms with Gasteiger partial charge in [-0.3, -0.25) is 4.40 Å². The Kier molecular flexibility index (Phi) is 6.57. The van der Waals surface area contributed by atoms with E-state index in [0.29, 0.717) is 21.8 Å². The summed E-state index contributed by atoms with van der Waals surface area (Å²) in [4.78, 5) is 32.2. The molecule has 4 rings (SSSR count). The first-order valence-corrected chi connectivity index (χ1v) is 10.7. The zero-order valence-electron chi connectivity index (χ0n) is 16.8. The van der Waals surface area contributed by atoms with E-state index in [1.54, 1.807) is 12.1 Å². The molecule has 0 aliphatic rings. The fourth-order valence-electron chi connectivity index (χ4n) is 3.28. The second-order valence-corrected chi connectivity index (χ2v) is 8.16. The van der Waals surface area contributed by atoms with Gasteiger partial charge in [0.15, 0.2) is 0 Å². The van der Waals surface area contributed by atoms with E-state index in [0.717, 1.165) is 20.6 Å². The zero-order valence-corrected chi connectivity index (χ0v) is 18.4. The normalized spacial score (nSPS) is 11.7. The van der Waals surface area contributed by atoms with E-state index in [1.807, 2.05) is 40.8 Å². The number of benzene rings is 2. The van der Waals surface area contributed by atoms with Crippen LogP contribution in [-0.2, 0) is 19.3 Å². The molecule has 0 aliphatic carbocycles. The van der Waals surface area contributed by atoms with Crippen molar-refractivity contribution in [3.05, 3.63) is 64.8 Å². The Morgan fingerprint density at radius 3 is 2.27 bits per heavy atom. The summed E-state index contributed by atoms with van der Waals surface area (Å²) in [6.45, 7) is -1.16. The van der Waals surface area contributed by atoms with Gasteiger partial charge in [0.1, 0.15) is 4.83 Å². The van der Waals surface area contributed by atoms with Gasteiger partial charge in [-0.05, 0) is 29.8 Å². The van der Waals surface area contributed by atoms with Crippen LogP contribution >= 0.6 is 22.9 Å². The Morgan fingerprint density at radius 1 is 0.970 bits per heavy atom. The van der Waals surface area contributed by atoms with Crippen LogP contribution in [-0.4, -0.2) is 52.2 Å². The number of para-hydroxylation sites is 1. The molecule has 2 N–H and O–H groups in total. The van der Waals surface area contributed by atoms with E-state index in [-0.39, 0.29) is 0 Å². The number of carboxylic acid groups (broad SMARTS) is 2. The van der Waals surface area contributed by atoms with Gasteiger partial charge in [-0.2, -0.15) is 0 Å². The van der Waals surface area contributed by atoms with Crippen molar-refractivity contribution >= 4 is 62.4 Å². The molecule has 0 unspecified atom stereocenters. The molecule has 2 heterocycles. The lowest BCUT2D eigenvalue weighted by Crippen LogP contribution is -2.04. The fourth-order valence-corrected chi connectivity index (χ4v) is 4.58.